The second kappa shape index (κ2) is 5.66. The molecule has 0 unspecified atom stereocenters. The van der Waals surface area contributed by atoms with E-state index in [-0.39, 0.29) is 5.28 Å². The smallest absolute Gasteiger partial charge is 0.231 e. The predicted octanol–water partition coefficient (Wildman–Crippen LogP) is 2.35. The first-order chi connectivity index (χ1) is 9.72. The van der Waals surface area contributed by atoms with Crippen molar-refractivity contribution in [3.05, 3.63) is 29.4 Å². The topological polar surface area (TPSA) is 58.3 Å². The number of anilines is 2. The molecule has 1 saturated heterocycles. The van der Waals surface area contributed by atoms with Crippen molar-refractivity contribution < 1.29 is 4.42 Å². The van der Waals surface area contributed by atoms with Gasteiger partial charge in [-0.1, -0.05) is 0 Å². The van der Waals surface area contributed by atoms with E-state index in [0.29, 0.717) is 18.4 Å². The minimum absolute atomic E-state index is 0.225. The number of hydrogen-bond acceptors (Lipinski definition) is 6. The van der Waals surface area contributed by atoms with Crippen LogP contribution in [-0.2, 0) is 6.54 Å². The van der Waals surface area contributed by atoms with Gasteiger partial charge in [-0.05, 0) is 36.6 Å². The molecule has 106 valence electrons. The molecule has 7 heteroatoms. The average Bonchev–Trinajstić information content (AvgIpc) is 3.11. The fraction of sp³-hybridized carbons (Fsp3) is 0.462. The molecule has 1 aliphatic heterocycles. The Morgan fingerprint density at radius 1 is 1.30 bits per heavy atom. The Morgan fingerprint density at radius 2 is 2.10 bits per heavy atom. The lowest BCUT2D eigenvalue weighted by molar-refractivity contribution is 0.506. The molecule has 1 fully saturated rings. The highest BCUT2D eigenvalue weighted by atomic mass is 35.5. The van der Waals surface area contributed by atoms with Crippen LogP contribution >= 0.6 is 11.6 Å². The second-order valence-corrected chi connectivity index (χ2v) is 5.17. The summed E-state index contributed by atoms with van der Waals surface area (Å²) in [5.74, 6) is 2.07. The van der Waals surface area contributed by atoms with Crippen LogP contribution in [0.1, 0.15) is 18.6 Å². The molecule has 0 bridgehead atoms. The maximum absolute atomic E-state index is 6.02. The highest BCUT2D eigenvalue weighted by Gasteiger charge is 2.18. The third-order valence-corrected chi connectivity index (χ3v) is 3.46. The van der Waals surface area contributed by atoms with Gasteiger partial charge in [-0.2, -0.15) is 15.0 Å². The molecular formula is C13H16ClN5O. The summed E-state index contributed by atoms with van der Waals surface area (Å²) in [4.78, 5) is 16.9. The zero-order valence-corrected chi connectivity index (χ0v) is 12.0. The standard InChI is InChI=1S/C13H16ClN5O/c1-18(9-10-5-4-8-20-10)12-15-11(14)16-13(17-12)19-6-2-3-7-19/h4-5,8H,2-3,6-7,9H2,1H3. The molecule has 0 spiro atoms. The van der Waals surface area contributed by atoms with Crippen molar-refractivity contribution in [1.82, 2.24) is 15.0 Å². The van der Waals surface area contributed by atoms with Gasteiger partial charge >= 0.3 is 0 Å². The second-order valence-electron chi connectivity index (χ2n) is 4.83. The van der Waals surface area contributed by atoms with Crippen LogP contribution in [0.15, 0.2) is 22.8 Å². The van der Waals surface area contributed by atoms with Gasteiger partial charge in [0.15, 0.2) is 0 Å². The molecule has 0 amide bonds. The monoisotopic (exact) mass is 293 g/mol. The van der Waals surface area contributed by atoms with Crippen LogP contribution in [0.25, 0.3) is 0 Å². The molecule has 0 aromatic carbocycles. The van der Waals surface area contributed by atoms with Gasteiger partial charge in [-0.15, -0.1) is 0 Å². The van der Waals surface area contributed by atoms with Crippen LogP contribution in [0, 0.1) is 0 Å². The number of rotatable bonds is 4. The number of furan rings is 1. The lowest BCUT2D eigenvalue weighted by atomic mass is 10.4. The van der Waals surface area contributed by atoms with E-state index in [0.717, 1.165) is 18.8 Å². The third-order valence-electron chi connectivity index (χ3n) is 3.29. The van der Waals surface area contributed by atoms with Crippen LogP contribution in [0.5, 0.6) is 0 Å². The maximum Gasteiger partial charge on any atom is 0.231 e. The van der Waals surface area contributed by atoms with Gasteiger partial charge in [0.2, 0.25) is 17.2 Å². The van der Waals surface area contributed by atoms with Gasteiger partial charge in [0, 0.05) is 20.1 Å². The number of aromatic nitrogens is 3. The summed E-state index contributed by atoms with van der Waals surface area (Å²) in [6.45, 7) is 2.54. The number of halogens is 1. The van der Waals surface area contributed by atoms with E-state index in [4.69, 9.17) is 16.0 Å². The van der Waals surface area contributed by atoms with Crippen LogP contribution in [0.2, 0.25) is 5.28 Å². The molecular weight excluding hydrogens is 278 g/mol. The summed E-state index contributed by atoms with van der Waals surface area (Å²) in [6.07, 6.45) is 3.99. The molecule has 0 aliphatic carbocycles. The van der Waals surface area contributed by atoms with Gasteiger partial charge in [0.1, 0.15) is 5.76 Å². The Morgan fingerprint density at radius 3 is 2.80 bits per heavy atom. The van der Waals surface area contributed by atoms with Crippen molar-refractivity contribution in [3.8, 4) is 0 Å². The summed E-state index contributed by atoms with van der Waals surface area (Å²) in [5, 5.41) is 0.225. The summed E-state index contributed by atoms with van der Waals surface area (Å²) in [6, 6.07) is 3.78. The van der Waals surface area contributed by atoms with Crippen molar-refractivity contribution in [1.29, 1.82) is 0 Å². The van der Waals surface area contributed by atoms with Crippen molar-refractivity contribution in [2.45, 2.75) is 19.4 Å². The van der Waals surface area contributed by atoms with Gasteiger partial charge < -0.3 is 14.2 Å². The molecule has 2 aromatic rings. The third kappa shape index (κ3) is 2.85. The zero-order valence-electron chi connectivity index (χ0n) is 11.3. The van der Waals surface area contributed by atoms with Gasteiger partial charge in [-0.25, -0.2) is 0 Å². The molecule has 0 atom stereocenters. The number of nitrogens with zero attached hydrogens (tertiary/aromatic N) is 5. The maximum atomic E-state index is 6.02. The molecule has 3 rings (SSSR count). The normalized spacial score (nSPS) is 14.8. The van der Waals surface area contributed by atoms with E-state index < -0.39 is 0 Å². The first-order valence-electron chi connectivity index (χ1n) is 6.62. The SMILES string of the molecule is CN(Cc1ccco1)c1nc(Cl)nc(N2CCCC2)n1. The summed E-state index contributed by atoms with van der Waals surface area (Å²) >= 11 is 6.02. The van der Waals surface area contributed by atoms with Crippen molar-refractivity contribution in [3.63, 3.8) is 0 Å². The predicted molar refractivity (Wildman–Crippen MR) is 77.1 cm³/mol. The van der Waals surface area contributed by atoms with E-state index in [1.165, 1.54) is 12.8 Å². The quantitative estimate of drug-likeness (QED) is 0.862. The first-order valence-corrected chi connectivity index (χ1v) is 7.00. The van der Waals surface area contributed by atoms with E-state index in [2.05, 4.69) is 19.9 Å². The van der Waals surface area contributed by atoms with E-state index >= 15 is 0 Å². The van der Waals surface area contributed by atoms with Crippen LogP contribution in [-0.4, -0.2) is 35.1 Å². The summed E-state index contributed by atoms with van der Waals surface area (Å²) in [5.41, 5.74) is 0. The molecule has 20 heavy (non-hydrogen) atoms. The van der Waals surface area contributed by atoms with E-state index in [1.54, 1.807) is 6.26 Å². The molecule has 0 radical (unpaired) electrons. The zero-order chi connectivity index (χ0) is 13.9. The van der Waals surface area contributed by atoms with Crippen molar-refractivity contribution in [2.75, 3.05) is 29.9 Å². The van der Waals surface area contributed by atoms with E-state index in [1.807, 2.05) is 24.1 Å². The summed E-state index contributed by atoms with van der Waals surface area (Å²) < 4.78 is 5.33. The minimum Gasteiger partial charge on any atom is -0.467 e. The van der Waals surface area contributed by atoms with Gasteiger partial charge in [0.25, 0.3) is 0 Å². The van der Waals surface area contributed by atoms with Crippen molar-refractivity contribution in [2.24, 2.45) is 0 Å². The molecule has 0 N–H and O–H groups in total. The molecule has 6 nitrogen and oxygen atoms in total. The average molecular weight is 294 g/mol. The Bertz CT molecular complexity index is 568. The highest BCUT2D eigenvalue weighted by molar-refractivity contribution is 6.28. The summed E-state index contributed by atoms with van der Waals surface area (Å²) in [7, 11) is 1.90. The van der Waals surface area contributed by atoms with Gasteiger partial charge in [-0.3, -0.25) is 0 Å². The first kappa shape index (κ1) is 13.2. The van der Waals surface area contributed by atoms with Crippen LogP contribution in [0.3, 0.4) is 0 Å². The van der Waals surface area contributed by atoms with E-state index in [9.17, 15) is 0 Å². The molecule has 0 saturated carbocycles. The molecule has 2 aromatic heterocycles. The lowest BCUT2D eigenvalue weighted by Crippen LogP contribution is -2.24. The Hall–Kier alpha value is -1.82. The number of hydrogen-bond donors (Lipinski definition) is 0. The minimum atomic E-state index is 0.225. The molecule has 1 aliphatic rings. The Labute approximate surface area is 122 Å². The van der Waals surface area contributed by atoms with Crippen molar-refractivity contribution >= 4 is 23.5 Å². The fourth-order valence-corrected chi connectivity index (χ4v) is 2.42. The molecule has 3 heterocycles. The van der Waals surface area contributed by atoms with Gasteiger partial charge in [0.05, 0.1) is 12.8 Å². The fourth-order valence-electron chi connectivity index (χ4n) is 2.27. The van der Waals surface area contributed by atoms with Crippen LogP contribution < -0.4 is 9.80 Å². The Kier molecular flexibility index (Phi) is 3.73. The van der Waals surface area contributed by atoms with Crippen LogP contribution in [0.4, 0.5) is 11.9 Å². The lowest BCUT2D eigenvalue weighted by Gasteiger charge is -2.19. The highest BCUT2D eigenvalue weighted by Crippen LogP contribution is 2.20. The Balaban J connectivity index is 1.81. The largest absolute Gasteiger partial charge is 0.467 e.